The average Bonchev–Trinajstić information content (AvgIpc) is 3.04. The lowest BCUT2D eigenvalue weighted by Gasteiger charge is -2.11. The van der Waals surface area contributed by atoms with Gasteiger partial charge in [-0.15, -0.1) is 34.2 Å². The Kier molecular flexibility index (Phi) is 11.9. The van der Waals surface area contributed by atoms with Crippen LogP contribution in [0.25, 0.3) is 5.65 Å². The van der Waals surface area contributed by atoms with Gasteiger partial charge in [0.15, 0.2) is 11.6 Å². The second kappa shape index (κ2) is 13.7. The van der Waals surface area contributed by atoms with Gasteiger partial charge in [0.1, 0.15) is 5.82 Å². The van der Waals surface area contributed by atoms with Crippen molar-refractivity contribution in [3.63, 3.8) is 0 Å². The van der Waals surface area contributed by atoms with E-state index >= 15 is 0 Å². The molecule has 0 aliphatic heterocycles. The number of hydrogen-bond acceptors (Lipinski definition) is 5. The summed E-state index contributed by atoms with van der Waals surface area (Å²) in [6, 6.07) is 5.89. The third-order valence-corrected chi connectivity index (χ3v) is 3.52. The predicted molar refractivity (Wildman–Crippen MR) is 113 cm³/mol. The molecule has 2 rings (SSSR count). The normalized spacial score (nSPS) is 11.4. The van der Waals surface area contributed by atoms with Crippen LogP contribution in [0.2, 0.25) is 0 Å². The van der Waals surface area contributed by atoms with Crippen LogP contribution in [-0.4, -0.2) is 67.1 Å². The molecule has 0 aromatic carbocycles. The van der Waals surface area contributed by atoms with Crippen LogP contribution >= 0.6 is 24.0 Å². The Balaban J connectivity index is 0.00000338. The molecule has 0 atom stereocenters. The van der Waals surface area contributed by atoms with E-state index in [0.717, 1.165) is 49.9 Å². The van der Waals surface area contributed by atoms with Gasteiger partial charge in [-0.25, -0.2) is 0 Å². The van der Waals surface area contributed by atoms with Crippen LogP contribution in [0.4, 0.5) is 0 Å². The first-order chi connectivity index (χ1) is 12.3. The van der Waals surface area contributed by atoms with Crippen LogP contribution < -0.4 is 10.6 Å². The molecular weight excluding hydrogens is 447 g/mol. The fraction of sp³-hybridized carbons (Fsp3) is 0.588. The van der Waals surface area contributed by atoms with Gasteiger partial charge in [-0.05, 0) is 25.5 Å². The van der Waals surface area contributed by atoms with Crippen molar-refractivity contribution in [2.75, 3.05) is 46.6 Å². The van der Waals surface area contributed by atoms with Gasteiger partial charge in [-0.1, -0.05) is 6.07 Å². The summed E-state index contributed by atoms with van der Waals surface area (Å²) in [4.78, 5) is 4.55. The van der Waals surface area contributed by atoms with Gasteiger partial charge in [0.2, 0.25) is 0 Å². The van der Waals surface area contributed by atoms with E-state index in [-0.39, 0.29) is 24.0 Å². The summed E-state index contributed by atoms with van der Waals surface area (Å²) < 4.78 is 12.4. The number of aromatic nitrogens is 3. The van der Waals surface area contributed by atoms with Crippen LogP contribution in [0.1, 0.15) is 19.2 Å². The van der Waals surface area contributed by atoms with Crippen LogP contribution in [0.15, 0.2) is 29.4 Å². The number of nitrogens with zero attached hydrogens (tertiary/aromatic N) is 4. The first kappa shape index (κ1) is 22.6. The van der Waals surface area contributed by atoms with E-state index in [0.29, 0.717) is 19.8 Å². The fourth-order valence-electron chi connectivity index (χ4n) is 2.30. The molecule has 8 nitrogen and oxygen atoms in total. The lowest BCUT2D eigenvalue weighted by Crippen LogP contribution is -2.38. The maximum absolute atomic E-state index is 5.43. The van der Waals surface area contributed by atoms with E-state index in [4.69, 9.17) is 9.47 Å². The SMILES string of the molecule is CCNC(=NCCCOCCOC)NCCc1nnc2ccccn12.I. The molecule has 0 amide bonds. The number of pyridine rings is 1. The lowest BCUT2D eigenvalue weighted by atomic mass is 10.4. The van der Waals surface area contributed by atoms with Crippen molar-refractivity contribution >= 4 is 35.6 Å². The van der Waals surface area contributed by atoms with Crippen LogP contribution in [-0.2, 0) is 15.9 Å². The molecule has 0 saturated carbocycles. The minimum absolute atomic E-state index is 0. The molecular formula is C17H29IN6O2. The Bertz CT molecular complexity index is 649. The first-order valence-corrected chi connectivity index (χ1v) is 8.72. The highest BCUT2D eigenvalue weighted by atomic mass is 127. The van der Waals surface area contributed by atoms with Gasteiger partial charge < -0.3 is 20.1 Å². The Hall–Kier alpha value is -1.46. The molecule has 0 saturated heterocycles. The third-order valence-electron chi connectivity index (χ3n) is 3.52. The second-order valence-electron chi connectivity index (χ2n) is 5.44. The van der Waals surface area contributed by atoms with E-state index < -0.39 is 0 Å². The highest BCUT2D eigenvalue weighted by molar-refractivity contribution is 14.0. The van der Waals surface area contributed by atoms with Gasteiger partial charge in [0.25, 0.3) is 0 Å². The Morgan fingerprint density at radius 1 is 1.19 bits per heavy atom. The number of fused-ring (bicyclic) bond motifs is 1. The maximum Gasteiger partial charge on any atom is 0.191 e. The van der Waals surface area contributed by atoms with Crippen molar-refractivity contribution in [1.82, 2.24) is 25.2 Å². The molecule has 0 unspecified atom stereocenters. The molecule has 0 radical (unpaired) electrons. The predicted octanol–water partition coefficient (Wildman–Crippen LogP) is 1.50. The van der Waals surface area contributed by atoms with Crippen molar-refractivity contribution in [3.05, 3.63) is 30.2 Å². The summed E-state index contributed by atoms with van der Waals surface area (Å²) in [7, 11) is 1.67. The summed E-state index contributed by atoms with van der Waals surface area (Å²) in [5, 5.41) is 15.0. The topological polar surface area (TPSA) is 85.1 Å². The van der Waals surface area contributed by atoms with E-state index in [9.17, 15) is 0 Å². The molecule has 0 spiro atoms. The van der Waals surface area contributed by atoms with Crippen molar-refractivity contribution in [1.29, 1.82) is 0 Å². The second-order valence-corrected chi connectivity index (χ2v) is 5.44. The van der Waals surface area contributed by atoms with Crippen LogP contribution in [0, 0.1) is 0 Å². The highest BCUT2D eigenvalue weighted by Gasteiger charge is 2.04. The molecule has 0 aliphatic carbocycles. The lowest BCUT2D eigenvalue weighted by molar-refractivity contribution is 0.0702. The minimum Gasteiger partial charge on any atom is -0.382 e. The molecule has 0 aliphatic rings. The van der Waals surface area contributed by atoms with Crippen molar-refractivity contribution < 1.29 is 9.47 Å². The summed E-state index contributed by atoms with van der Waals surface area (Å²) >= 11 is 0. The van der Waals surface area contributed by atoms with Crippen LogP contribution in [0.5, 0.6) is 0 Å². The first-order valence-electron chi connectivity index (χ1n) is 8.72. The third kappa shape index (κ3) is 7.83. The van der Waals surface area contributed by atoms with E-state index in [1.54, 1.807) is 7.11 Å². The molecule has 9 heteroatoms. The standard InChI is InChI=1S/C17H28N6O2.HI/c1-3-18-17(19-9-6-12-25-14-13-24-2)20-10-8-16-22-21-15-7-4-5-11-23(15)16;/h4-5,7,11H,3,6,8-10,12-14H2,1-2H3,(H2,18,19,20);1H. The van der Waals surface area contributed by atoms with Gasteiger partial charge in [-0.2, -0.15) is 0 Å². The summed E-state index contributed by atoms with van der Waals surface area (Å²) in [6.07, 6.45) is 3.64. The molecule has 2 heterocycles. The molecule has 26 heavy (non-hydrogen) atoms. The smallest absolute Gasteiger partial charge is 0.191 e. The molecule has 0 fully saturated rings. The minimum atomic E-state index is 0. The Labute approximate surface area is 171 Å². The molecule has 2 aromatic heterocycles. The fourth-order valence-corrected chi connectivity index (χ4v) is 2.30. The average molecular weight is 476 g/mol. The number of halogens is 1. The summed E-state index contributed by atoms with van der Waals surface area (Å²) in [5.41, 5.74) is 0.867. The summed E-state index contributed by atoms with van der Waals surface area (Å²) in [5.74, 6) is 1.75. The zero-order chi connectivity index (χ0) is 17.7. The molecule has 146 valence electrons. The van der Waals surface area contributed by atoms with Crippen molar-refractivity contribution in [2.24, 2.45) is 4.99 Å². The number of nitrogens with one attached hydrogen (secondary N) is 2. The molecule has 0 bridgehead atoms. The van der Waals surface area contributed by atoms with E-state index in [2.05, 4.69) is 32.7 Å². The van der Waals surface area contributed by atoms with Crippen molar-refractivity contribution in [3.8, 4) is 0 Å². The number of methoxy groups -OCH3 is 1. The Morgan fingerprint density at radius 3 is 2.88 bits per heavy atom. The van der Waals surface area contributed by atoms with Gasteiger partial charge in [0.05, 0.1) is 13.2 Å². The number of ether oxygens (including phenoxy) is 2. The number of hydrogen-bond donors (Lipinski definition) is 2. The van der Waals surface area contributed by atoms with Crippen LogP contribution in [0.3, 0.4) is 0 Å². The van der Waals surface area contributed by atoms with Crippen molar-refractivity contribution in [2.45, 2.75) is 19.8 Å². The maximum atomic E-state index is 5.43. The molecule has 2 aromatic rings. The zero-order valence-corrected chi connectivity index (χ0v) is 17.8. The largest absolute Gasteiger partial charge is 0.382 e. The van der Waals surface area contributed by atoms with E-state index in [1.165, 1.54) is 0 Å². The monoisotopic (exact) mass is 476 g/mol. The van der Waals surface area contributed by atoms with Gasteiger partial charge in [0, 0.05) is 46.0 Å². The number of aliphatic imine (C=N–C) groups is 1. The Morgan fingerprint density at radius 2 is 2.08 bits per heavy atom. The zero-order valence-electron chi connectivity index (χ0n) is 15.5. The highest BCUT2D eigenvalue weighted by Crippen LogP contribution is 2.02. The van der Waals surface area contributed by atoms with E-state index in [1.807, 2.05) is 28.8 Å². The van der Waals surface area contributed by atoms with Gasteiger partial charge in [-0.3, -0.25) is 9.39 Å². The number of guanidine groups is 1. The summed E-state index contributed by atoms with van der Waals surface area (Å²) in [6.45, 7) is 6.29. The number of rotatable bonds is 11. The quantitative estimate of drug-likeness (QED) is 0.221. The van der Waals surface area contributed by atoms with Gasteiger partial charge >= 0.3 is 0 Å². The molecule has 2 N–H and O–H groups in total.